The first-order valence-corrected chi connectivity index (χ1v) is 10.8. The summed E-state index contributed by atoms with van der Waals surface area (Å²) >= 11 is 0. The van der Waals surface area contributed by atoms with Crippen molar-refractivity contribution >= 4 is 17.8 Å². The Morgan fingerprint density at radius 3 is 2.13 bits per heavy atom. The van der Waals surface area contributed by atoms with Crippen LogP contribution in [0.4, 0.5) is 26.3 Å². The largest absolute Gasteiger partial charge is 0.490 e. The summed E-state index contributed by atoms with van der Waals surface area (Å²) in [7, 11) is 4.00. The summed E-state index contributed by atoms with van der Waals surface area (Å²) in [6, 6.07) is 5.87. The van der Waals surface area contributed by atoms with Gasteiger partial charge in [-0.25, -0.2) is 9.59 Å². The monoisotopic (exact) mass is 559 g/mol. The molecular formula is C21H27F6N5O6. The molecule has 3 rings (SSSR count). The number of hydrogen-bond donors (Lipinski definition) is 3. The number of fused-ring (bicyclic) bond motifs is 1. The summed E-state index contributed by atoms with van der Waals surface area (Å²) in [4.78, 5) is 34.7. The van der Waals surface area contributed by atoms with Crippen LogP contribution in [0.25, 0.3) is 0 Å². The van der Waals surface area contributed by atoms with E-state index in [0.717, 1.165) is 24.5 Å². The Kier molecular flexibility index (Phi) is 12.3. The lowest BCUT2D eigenvalue weighted by Crippen LogP contribution is -2.41. The molecule has 1 amide bonds. The van der Waals surface area contributed by atoms with Gasteiger partial charge in [0, 0.05) is 32.4 Å². The predicted octanol–water partition coefficient (Wildman–Crippen LogP) is 2.05. The first kappa shape index (κ1) is 32.4. The highest BCUT2D eigenvalue weighted by molar-refractivity contribution is 5.78. The van der Waals surface area contributed by atoms with E-state index < -0.39 is 24.3 Å². The molecule has 1 aliphatic rings. The number of nitrogens with one attached hydrogen (secondary N) is 1. The number of carboxylic acid groups (broad SMARTS) is 2. The van der Waals surface area contributed by atoms with Crippen LogP contribution in [0.1, 0.15) is 11.5 Å². The summed E-state index contributed by atoms with van der Waals surface area (Å²) in [6.45, 7) is 4.26. The molecule has 3 N–H and O–H groups in total. The standard InChI is InChI=1S/C17H25N5O2.2C2HF3O2/c1-20(2)8-7-18-17(23)14-10-21(13-16-4-3-9-24-16)12-15-5-6-19-22(15)11-14;2*3-2(4,5)1(6)7/h3-6,9,14H,7-8,10-13H2,1-2H3,(H,18,23);2*(H,6,7). The fourth-order valence-electron chi connectivity index (χ4n) is 2.99. The van der Waals surface area contributed by atoms with Crippen LogP contribution in [0.5, 0.6) is 0 Å². The Morgan fingerprint density at radius 1 is 1.08 bits per heavy atom. The number of amides is 1. The van der Waals surface area contributed by atoms with Crippen molar-refractivity contribution in [2.45, 2.75) is 32.0 Å². The van der Waals surface area contributed by atoms with Gasteiger partial charge in [0.2, 0.25) is 5.91 Å². The maximum atomic E-state index is 12.6. The number of halogens is 6. The number of aliphatic carboxylic acids is 2. The molecule has 1 atom stereocenters. The molecule has 0 saturated carbocycles. The van der Waals surface area contributed by atoms with Crippen molar-refractivity contribution in [1.82, 2.24) is 24.9 Å². The predicted molar refractivity (Wildman–Crippen MR) is 117 cm³/mol. The van der Waals surface area contributed by atoms with E-state index in [-0.39, 0.29) is 11.8 Å². The van der Waals surface area contributed by atoms with Gasteiger partial charge in [0.1, 0.15) is 5.76 Å². The van der Waals surface area contributed by atoms with Crippen LogP contribution in [0.2, 0.25) is 0 Å². The number of carbonyl (C=O) groups excluding carboxylic acids is 1. The average molecular weight is 559 g/mol. The van der Waals surface area contributed by atoms with Crippen molar-refractivity contribution in [3.05, 3.63) is 42.1 Å². The lowest BCUT2D eigenvalue weighted by atomic mass is 10.1. The first-order chi connectivity index (χ1) is 17.5. The number of rotatable bonds is 6. The Morgan fingerprint density at radius 2 is 1.66 bits per heavy atom. The fourth-order valence-corrected chi connectivity index (χ4v) is 2.99. The second-order valence-electron chi connectivity index (χ2n) is 8.15. The van der Waals surface area contributed by atoms with Crippen LogP contribution in [-0.4, -0.2) is 93.7 Å². The molecule has 1 aliphatic heterocycles. The van der Waals surface area contributed by atoms with Gasteiger partial charge in [0.15, 0.2) is 0 Å². The summed E-state index contributed by atoms with van der Waals surface area (Å²) in [5, 5.41) is 21.7. The highest BCUT2D eigenvalue weighted by Crippen LogP contribution is 2.19. The van der Waals surface area contributed by atoms with Crippen LogP contribution in [0, 0.1) is 5.92 Å². The molecule has 2 aromatic rings. The highest BCUT2D eigenvalue weighted by atomic mass is 19.4. The van der Waals surface area contributed by atoms with Crippen LogP contribution in [0.3, 0.4) is 0 Å². The smallest absolute Gasteiger partial charge is 0.475 e. The van der Waals surface area contributed by atoms with Crippen molar-refractivity contribution in [1.29, 1.82) is 0 Å². The van der Waals surface area contributed by atoms with Crippen LogP contribution >= 0.6 is 0 Å². The molecule has 0 saturated heterocycles. The third kappa shape index (κ3) is 12.1. The Hall–Kier alpha value is -3.60. The topological polar surface area (TPSA) is 141 Å². The SMILES string of the molecule is CN(C)CCNC(=O)C1CN(Cc2ccco2)Cc2ccnn2C1.O=C(O)C(F)(F)F.O=C(O)C(F)(F)F. The van der Waals surface area contributed by atoms with Crippen LogP contribution in [0.15, 0.2) is 35.1 Å². The van der Waals surface area contributed by atoms with Crippen molar-refractivity contribution in [2.24, 2.45) is 5.92 Å². The number of hydrogen-bond acceptors (Lipinski definition) is 7. The number of nitrogens with zero attached hydrogens (tertiary/aromatic N) is 4. The Labute approximate surface area is 212 Å². The molecule has 0 spiro atoms. The quantitative estimate of drug-likeness (QED) is 0.454. The summed E-state index contributed by atoms with van der Waals surface area (Å²) in [6.07, 6.45) is -6.68. The molecule has 0 aromatic carbocycles. The maximum absolute atomic E-state index is 12.6. The first-order valence-electron chi connectivity index (χ1n) is 10.8. The number of alkyl halides is 6. The molecular weight excluding hydrogens is 532 g/mol. The summed E-state index contributed by atoms with van der Waals surface area (Å²) in [5.41, 5.74) is 1.13. The zero-order valence-electron chi connectivity index (χ0n) is 20.3. The molecule has 3 heterocycles. The van der Waals surface area contributed by atoms with E-state index >= 15 is 0 Å². The molecule has 2 aromatic heterocycles. The molecule has 11 nitrogen and oxygen atoms in total. The van der Waals surface area contributed by atoms with Crippen LogP contribution in [-0.2, 0) is 34.0 Å². The molecule has 1 unspecified atom stereocenters. The molecule has 0 aliphatic carbocycles. The van der Waals surface area contributed by atoms with Crippen molar-refractivity contribution in [3.63, 3.8) is 0 Å². The zero-order chi connectivity index (χ0) is 29.1. The van der Waals surface area contributed by atoms with Gasteiger partial charge in [-0.15, -0.1) is 0 Å². The van der Waals surface area contributed by atoms with Gasteiger partial charge in [-0.2, -0.15) is 31.4 Å². The third-order valence-corrected chi connectivity index (χ3v) is 4.74. The minimum atomic E-state index is -5.08. The van der Waals surface area contributed by atoms with Crippen molar-refractivity contribution < 1.29 is 55.4 Å². The van der Waals surface area contributed by atoms with Gasteiger partial charge < -0.3 is 24.8 Å². The second-order valence-corrected chi connectivity index (χ2v) is 8.15. The van der Waals surface area contributed by atoms with Gasteiger partial charge in [-0.1, -0.05) is 0 Å². The Bertz CT molecular complexity index is 999. The van der Waals surface area contributed by atoms with Gasteiger partial charge in [0.05, 0.1) is 31.0 Å². The third-order valence-electron chi connectivity index (χ3n) is 4.74. The average Bonchev–Trinajstić information content (AvgIpc) is 3.41. The number of carbonyl (C=O) groups is 3. The Balaban J connectivity index is 0.000000426. The van der Waals surface area contributed by atoms with Crippen molar-refractivity contribution in [3.8, 4) is 0 Å². The van der Waals surface area contributed by atoms with E-state index in [1.807, 2.05) is 37.0 Å². The van der Waals surface area contributed by atoms with Gasteiger partial charge >= 0.3 is 24.3 Å². The number of likely N-dealkylation sites (N-methyl/N-ethyl adjacent to an activating group) is 1. The van der Waals surface area contributed by atoms with E-state index in [1.54, 1.807) is 12.5 Å². The number of furan rings is 1. The number of aromatic nitrogens is 2. The highest BCUT2D eigenvalue weighted by Gasteiger charge is 2.38. The van der Waals surface area contributed by atoms with Gasteiger partial charge in [0.25, 0.3) is 0 Å². The lowest BCUT2D eigenvalue weighted by Gasteiger charge is -2.22. The number of carboxylic acids is 2. The molecule has 38 heavy (non-hydrogen) atoms. The van der Waals surface area contributed by atoms with E-state index in [9.17, 15) is 31.1 Å². The molecule has 0 radical (unpaired) electrons. The van der Waals surface area contributed by atoms with Gasteiger partial charge in [-0.3, -0.25) is 14.4 Å². The van der Waals surface area contributed by atoms with Crippen LogP contribution < -0.4 is 5.32 Å². The molecule has 0 fully saturated rings. The molecule has 214 valence electrons. The zero-order valence-corrected chi connectivity index (χ0v) is 20.3. The lowest BCUT2D eigenvalue weighted by molar-refractivity contribution is -0.193. The van der Waals surface area contributed by atoms with E-state index in [1.165, 1.54) is 0 Å². The molecule has 0 bridgehead atoms. The van der Waals surface area contributed by atoms with Gasteiger partial charge in [-0.05, 0) is 32.3 Å². The summed E-state index contributed by atoms with van der Waals surface area (Å²) in [5.74, 6) is -4.64. The normalized spacial score (nSPS) is 15.8. The van der Waals surface area contributed by atoms with E-state index in [0.29, 0.717) is 26.2 Å². The van der Waals surface area contributed by atoms with Crippen molar-refractivity contribution in [2.75, 3.05) is 33.7 Å². The fraction of sp³-hybridized carbons (Fsp3) is 0.524. The minimum absolute atomic E-state index is 0.0876. The summed E-state index contributed by atoms with van der Waals surface area (Å²) < 4.78 is 70.9. The molecule has 17 heteroatoms. The second kappa shape index (κ2) is 14.4. The maximum Gasteiger partial charge on any atom is 0.490 e. The van der Waals surface area contributed by atoms with E-state index in [2.05, 4.69) is 20.2 Å². The minimum Gasteiger partial charge on any atom is -0.475 e. The van der Waals surface area contributed by atoms with E-state index in [4.69, 9.17) is 24.2 Å².